The van der Waals surface area contributed by atoms with Crippen LogP contribution in [-0.2, 0) is 27.7 Å². The Morgan fingerprint density at radius 3 is 2.51 bits per heavy atom. The summed E-state index contributed by atoms with van der Waals surface area (Å²) in [6.07, 6.45) is 1.26. The SMILES string of the molecule is CCc1ccccc1N(C)S(=O)(=O)c1cc(-c2c(CC)nn3c2NC(=O)CCC3=O)ccc1OC. The van der Waals surface area contributed by atoms with Gasteiger partial charge in [-0.25, -0.2) is 8.42 Å². The van der Waals surface area contributed by atoms with Crippen molar-refractivity contribution in [3.05, 3.63) is 53.7 Å². The predicted octanol–water partition coefficient (Wildman–Crippen LogP) is 3.88. The highest BCUT2D eigenvalue weighted by molar-refractivity contribution is 7.93. The molecule has 0 bridgehead atoms. The zero-order valence-corrected chi connectivity index (χ0v) is 21.0. The fourth-order valence-electron chi connectivity index (χ4n) is 4.26. The van der Waals surface area contributed by atoms with Crippen molar-refractivity contribution in [3.63, 3.8) is 0 Å². The fourth-order valence-corrected chi connectivity index (χ4v) is 5.67. The van der Waals surface area contributed by atoms with Gasteiger partial charge in [-0.1, -0.05) is 38.1 Å². The van der Waals surface area contributed by atoms with Gasteiger partial charge in [0.15, 0.2) is 0 Å². The van der Waals surface area contributed by atoms with Gasteiger partial charge in [0.1, 0.15) is 16.5 Å². The van der Waals surface area contributed by atoms with Crippen molar-refractivity contribution in [2.75, 3.05) is 23.8 Å². The lowest BCUT2D eigenvalue weighted by Gasteiger charge is -2.23. The topological polar surface area (TPSA) is 111 Å². The van der Waals surface area contributed by atoms with Crippen LogP contribution in [0, 0.1) is 0 Å². The van der Waals surface area contributed by atoms with Crippen molar-refractivity contribution in [3.8, 4) is 16.9 Å². The molecule has 0 radical (unpaired) electrons. The Bertz CT molecular complexity index is 1410. The first-order valence-corrected chi connectivity index (χ1v) is 12.9. The highest BCUT2D eigenvalue weighted by Gasteiger charge is 2.30. The van der Waals surface area contributed by atoms with Gasteiger partial charge >= 0.3 is 0 Å². The number of hydrogen-bond donors (Lipinski definition) is 1. The second-order valence-electron chi connectivity index (χ2n) is 8.20. The van der Waals surface area contributed by atoms with Gasteiger partial charge in [0.25, 0.3) is 10.0 Å². The number of sulfonamides is 1. The molecule has 0 atom stereocenters. The number of nitrogens with zero attached hydrogens (tertiary/aromatic N) is 3. The number of amides is 1. The number of ether oxygens (including phenoxy) is 1. The molecule has 0 saturated heterocycles. The minimum absolute atomic E-state index is 0.0285. The summed E-state index contributed by atoms with van der Waals surface area (Å²) in [6.45, 7) is 3.85. The van der Waals surface area contributed by atoms with Crippen LogP contribution in [0.15, 0.2) is 47.4 Å². The Hall–Kier alpha value is -3.66. The van der Waals surface area contributed by atoms with Crippen LogP contribution in [0.4, 0.5) is 11.5 Å². The van der Waals surface area contributed by atoms with Gasteiger partial charge in [-0.3, -0.25) is 13.9 Å². The van der Waals surface area contributed by atoms with Crippen LogP contribution in [0.25, 0.3) is 11.1 Å². The molecule has 3 aromatic rings. The van der Waals surface area contributed by atoms with Crippen LogP contribution in [0.2, 0.25) is 0 Å². The number of anilines is 2. The molecule has 10 heteroatoms. The van der Waals surface area contributed by atoms with Gasteiger partial charge in [0.05, 0.1) is 18.5 Å². The van der Waals surface area contributed by atoms with E-state index in [2.05, 4.69) is 10.4 Å². The Morgan fingerprint density at radius 2 is 1.83 bits per heavy atom. The molecule has 1 aliphatic heterocycles. The third kappa shape index (κ3) is 4.29. The first-order valence-electron chi connectivity index (χ1n) is 11.4. The Labute approximate surface area is 204 Å². The first kappa shape index (κ1) is 24.5. The van der Waals surface area contributed by atoms with Crippen molar-refractivity contribution in [1.82, 2.24) is 9.78 Å². The minimum Gasteiger partial charge on any atom is -0.495 e. The van der Waals surface area contributed by atoms with E-state index in [-0.39, 0.29) is 41.1 Å². The molecule has 2 aromatic carbocycles. The van der Waals surface area contributed by atoms with Crippen LogP contribution in [-0.4, -0.2) is 44.2 Å². The lowest BCUT2D eigenvalue weighted by molar-refractivity contribution is -0.116. The number of carbonyl (C=O) groups excluding carboxylic acids is 2. The van der Waals surface area contributed by atoms with Crippen LogP contribution in [0.1, 0.15) is 42.7 Å². The van der Waals surface area contributed by atoms with E-state index < -0.39 is 10.0 Å². The van der Waals surface area contributed by atoms with Gasteiger partial charge in [0.2, 0.25) is 11.8 Å². The number of rotatable bonds is 7. The Balaban J connectivity index is 1.90. The van der Waals surface area contributed by atoms with Crippen LogP contribution < -0.4 is 14.4 Å². The van der Waals surface area contributed by atoms with Crippen LogP contribution in [0.5, 0.6) is 5.75 Å². The van der Waals surface area contributed by atoms with Crippen molar-refractivity contribution >= 4 is 33.3 Å². The van der Waals surface area contributed by atoms with Crippen LogP contribution >= 0.6 is 0 Å². The number of aryl methyl sites for hydroxylation is 2. The maximum absolute atomic E-state index is 13.8. The molecule has 9 nitrogen and oxygen atoms in total. The molecule has 1 amide bonds. The maximum atomic E-state index is 13.8. The summed E-state index contributed by atoms with van der Waals surface area (Å²) in [4.78, 5) is 24.8. The first-order chi connectivity index (χ1) is 16.7. The lowest BCUT2D eigenvalue weighted by atomic mass is 10.0. The minimum atomic E-state index is -4.02. The summed E-state index contributed by atoms with van der Waals surface area (Å²) in [5.74, 6) is -0.145. The molecular weight excluding hydrogens is 468 g/mol. The average molecular weight is 497 g/mol. The number of fused-ring (bicyclic) bond motifs is 1. The molecule has 4 rings (SSSR count). The molecule has 184 valence electrons. The average Bonchev–Trinajstić information content (AvgIpc) is 3.17. The Morgan fingerprint density at radius 1 is 1.09 bits per heavy atom. The van der Waals surface area contributed by atoms with Gasteiger partial charge in [-0.05, 0) is 42.2 Å². The largest absolute Gasteiger partial charge is 0.495 e. The van der Waals surface area contributed by atoms with Crippen molar-refractivity contribution in [2.24, 2.45) is 0 Å². The maximum Gasteiger partial charge on any atom is 0.267 e. The quantitative estimate of drug-likeness (QED) is 0.532. The molecule has 35 heavy (non-hydrogen) atoms. The van der Waals surface area contributed by atoms with Crippen molar-refractivity contribution < 1.29 is 22.7 Å². The van der Waals surface area contributed by atoms with Gasteiger partial charge in [-0.2, -0.15) is 9.78 Å². The van der Waals surface area contributed by atoms with E-state index in [0.717, 1.165) is 5.56 Å². The second kappa shape index (κ2) is 9.53. The summed E-state index contributed by atoms with van der Waals surface area (Å²) in [7, 11) is -1.10. The van der Waals surface area contributed by atoms with Gasteiger partial charge in [0, 0.05) is 25.5 Å². The number of aromatic nitrogens is 2. The zero-order valence-electron chi connectivity index (χ0n) is 20.2. The van der Waals surface area contributed by atoms with E-state index >= 15 is 0 Å². The third-order valence-electron chi connectivity index (χ3n) is 6.16. The third-order valence-corrected chi connectivity index (χ3v) is 7.95. The molecule has 0 spiro atoms. The lowest BCUT2D eigenvalue weighted by Crippen LogP contribution is -2.28. The normalized spacial score (nSPS) is 13.7. The molecule has 2 heterocycles. The molecule has 1 N–H and O–H groups in total. The number of para-hydroxylation sites is 1. The summed E-state index contributed by atoms with van der Waals surface area (Å²) in [6, 6.07) is 12.1. The molecule has 0 saturated carbocycles. The summed E-state index contributed by atoms with van der Waals surface area (Å²) < 4.78 is 35.5. The van der Waals surface area contributed by atoms with Gasteiger partial charge < -0.3 is 10.1 Å². The second-order valence-corrected chi connectivity index (χ2v) is 10.1. The summed E-state index contributed by atoms with van der Waals surface area (Å²) in [5.41, 5.74) is 3.08. The van der Waals surface area contributed by atoms with Crippen molar-refractivity contribution in [1.29, 1.82) is 0 Å². The van der Waals surface area contributed by atoms with E-state index in [1.54, 1.807) is 24.3 Å². The van der Waals surface area contributed by atoms with E-state index in [1.165, 1.54) is 29.2 Å². The number of benzene rings is 2. The number of nitrogens with one attached hydrogen (secondary N) is 1. The fraction of sp³-hybridized carbons (Fsp3) is 0.320. The van der Waals surface area contributed by atoms with E-state index in [1.807, 2.05) is 26.0 Å². The molecule has 1 aliphatic rings. The standard InChI is InChI=1S/C25H28N4O5S/c1-5-16-9-7-8-10-19(16)28(3)35(32,33)21-15-17(11-12-20(21)34-4)24-18(6-2)27-29-23(31)14-13-22(30)26-25(24)29/h7-12,15H,5-6,13-14H2,1-4H3,(H,26,30). The summed E-state index contributed by atoms with van der Waals surface area (Å²) >= 11 is 0. The van der Waals surface area contributed by atoms with Crippen LogP contribution in [0.3, 0.4) is 0 Å². The Kier molecular flexibility index (Phi) is 6.66. The highest BCUT2D eigenvalue weighted by Crippen LogP contribution is 2.39. The molecule has 0 fully saturated rings. The predicted molar refractivity (Wildman–Crippen MR) is 133 cm³/mol. The number of carbonyl (C=O) groups is 2. The number of hydrogen-bond acceptors (Lipinski definition) is 6. The monoisotopic (exact) mass is 496 g/mol. The molecular formula is C25H28N4O5S. The summed E-state index contributed by atoms with van der Waals surface area (Å²) in [5, 5.41) is 7.20. The zero-order chi connectivity index (χ0) is 25.3. The smallest absolute Gasteiger partial charge is 0.267 e. The van der Waals surface area contributed by atoms with Gasteiger partial charge in [-0.15, -0.1) is 0 Å². The van der Waals surface area contributed by atoms with Crippen molar-refractivity contribution in [2.45, 2.75) is 44.4 Å². The molecule has 1 aromatic heterocycles. The van der Waals surface area contributed by atoms with E-state index in [0.29, 0.717) is 35.3 Å². The number of methoxy groups -OCH3 is 1. The van der Waals surface area contributed by atoms with E-state index in [4.69, 9.17) is 4.74 Å². The highest BCUT2D eigenvalue weighted by atomic mass is 32.2. The molecule has 0 unspecified atom stereocenters. The molecule has 0 aliphatic carbocycles. The van der Waals surface area contributed by atoms with E-state index in [9.17, 15) is 18.0 Å².